The third-order valence-electron chi connectivity index (χ3n) is 1.58. The van der Waals surface area contributed by atoms with Crippen molar-refractivity contribution in [3.05, 3.63) is 0 Å². The smallest absolute Gasteiger partial charge is 0.00242 e. The molecule has 0 saturated heterocycles. The molecular weight excluding hydrogens is 270 g/mol. The van der Waals surface area contributed by atoms with Crippen LogP contribution in [0.15, 0.2) is 0 Å². The van der Waals surface area contributed by atoms with Crippen LogP contribution in [-0.4, -0.2) is 12.3 Å². The molecule has 0 aliphatic carbocycles. The monoisotopic (exact) mass is 304 g/mol. The predicted molar refractivity (Wildman–Crippen MR) is 95.0 cm³/mol. The zero-order valence-electron chi connectivity index (χ0n) is 6.82. The van der Waals surface area contributed by atoms with Crippen LogP contribution in [0.3, 0.4) is 0 Å². The van der Waals surface area contributed by atoms with Gasteiger partial charge in [0.05, 0.1) is 0 Å². The molecule has 0 aliphatic rings. The van der Waals surface area contributed by atoms with E-state index >= 15 is 0 Å². The summed E-state index contributed by atoms with van der Waals surface area (Å²) in [5.74, 6) is 0.816. The summed E-state index contributed by atoms with van der Waals surface area (Å²) in [4.78, 5) is 0. The van der Waals surface area contributed by atoms with E-state index in [1.54, 1.807) is 0 Å². The fraction of sp³-hybridized carbons (Fsp3) is 1.00. The van der Waals surface area contributed by atoms with Crippen LogP contribution in [0, 0.1) is 5.92 Å². The lowest BCUT2D eigenvalue weighted by Gasteiger charge is -2.05. The van der Waals surface area contributed by atoms with Gasteiger partial charge in [0.1, 0.15) is 0 Å². The van der Waals surface area contributed by atoms with Crippen LogP contribution in [-0.2, 0) is 23.6 Å². The Morgan fingerprint density at radius 1 is 0.875 bits per heavy atom. The lowest BCUT2D eigenvalue weighted by atomic mass is 10.1. The van der Waals surface area contributed by atoms with E-state index in [1.807, 2.05) is 0 Å². The highest BCUT2D eigenvalue weighted by atomic mass is 32.4. The van der Waals surface area contributed by atoms with Gasteiger partial charge in [0, 0.05) is 6.16 Å². The fourth-order valence-electron chi connectivity index (χ4n) is 0.888. The Morgan fingerprint density at radius 2 is 1.38 bits per heavy atom. The molecule has 0 bridgehead atoms. The van der Waals surface area contributed by atoms with Crippen molar-refractivity contribution in [2.45, 2.75) is 63.3 Å². The zero-order valence-corrected chi connectivity index (χ0v) is 10.2. The van der Waals surface area contributed by atoms with Crippen LogP contribution in [0.5, 0.6) is 0 Å². The minimum atomic E-state index is 0. The van der Waals surface area contributed by atoms with Gasteiger partial charge in [-0.25, -0.2) is 0 Å². The number of rotatable bonds is 7. The molecule has 0 rings (SSSR count). The molecule has 16 heavy (non-hydrogen) atoms. The zero-order chi connectivity index (χ0) is 8.53. The van der Waals surface area contributed by atoms with Crippen molar-refractivity contribution in [3.63, 3.8) is 0 Å². The van der Waals surface area contributed by atoms with Crippen molar-refractivity contribution in [2.75, 3.05) is 12.3 Å². The standard InChI is InChI=1S/C7H14P2S2.5CH4/c1-7(6-9-11)4-2-3-5-8-10;;;;;/h7H,2-6H2,1H3;5*1H4. The second-order valence-corrected chi connectivity index (χ2v) is 5.64. The van der Waals surface area contributed by atoms with Crippen molar-refractivity contribution in [1.82, 2.24) is 0 Å². The quantitative estimate of drug-likeness (QED) is 0.375. The maximum absolute atomic E-state index is 4.88. The maximum Gasteiger partial charge on any atom is 0.00242 e. The summed E-state index contributed by atoms with van der Waals surface area (Å²) in [5.41, 5.74) is 0. The van der Waals surface area contributed by atoms with Gasteiger partial charge >= 0.3 is 0 Å². The Labute approximate surface area is 120 Å². The summed E-state index contributed by atoms with van der Waals surface area (Å²) < 4.78 is 0. The summed E-state index contributed by atoms with van der Waals surface area (Å²) in [6.07, 6.45) is 6.32. The Morgan fingerprint density at radius 3 is 1.75 bits per heavy atom. The Hall–Kier alpha value is 1.04. The molecule has 0 aromatic carbocycles. The molecule has 0 nitrogen and oxygen atoms in total. The van der Waals surface area contributed by atoms with Gasteiger partial charge < -0.3 is 0 Å². The lowest BCUT2D eigenvalue weighted by molar-refractivity contribution is 0.559. The van der Waals surface area contributed by atoms with Crippen molar-refractivity contribution >= 4 is 38.3 Å². The van der Waals surface area contributed by atoms with Crippen LogP contribution >= 0.6 is 14.7 Å². The molecule has 1 unspecified atom stereocenters. The van der Waals surface area contributed by atoms with E-state index in [2.05, 4.69) is 6.92 Å². The van der Waals surface area contributed by atoms with Gasteiger partial charge in [-0.3, -0.25) is 0 Å². The van der Waals surface area contributed by atoms with E-state index in [-0.39, 0.29) is 37.1 Å². The Kier molecular flexibility index (Phi) is 66.9. The van der Waals surface area contributed by atoms with Gasteiger partial charge in [0.15, 0.2) is 0 Å². The second kappa shape index (κ2) is 29.8. The summed E-state index contributed by atoms with van der Waals surface area (Å²) in [7, 11) is 2.25. The number of hydrogen-bond acceptors (Lipinski definition) is 2. The molecule has 1 atom stereocenters. The van der Waals surface area contributed by atoms with E-state index in [4.69, 9.17) is 23.6 Å². The highest BCUT2D eigenvalue weighted by molar-refractivity contribution is 7.96. The van der Waals surface area contributed by atoms with Crippen molar-refractivity contribution in [3.8, 4) is 0 Å². The average Bonchev–Trinajstić information content (AvgIpc) is 1.99. The average molecular weight is 304 g/mol. The SMILES string of the molecule is C.C.C.C.C.CC(CCCCP=S)CP=S. The molecule has 0 spiro atoms. The third kappa shape index (κ3) is 29.4. The molecule has 0 N–H and O–H groups in total. The molecule has 0 saturated carbocycles. The van der Waals surface area contributed by atoms with Crippen LogP contribution < -0.4 is 0 Å². The molecule has 0 aromatic heterocycles. The molecule has 0 heterocycles. The molecule has 104 valence electrons. The minimum absolute atomic E-state index is 0. The van der Waals surface area contributed by atoms with E-state index in [0.29, 0.717) is 0 Å². The van der Waals surface area contributed by atoms with E-state index in [1.165, 1.54) is 31.6 Å². The molecule has 0 fully saturated rings. The fourth-order valence-corrected chi connectivity index (χ4v) is 2.83. The van der Waals surface area contributed by atoms with Gasteiger partial charge in [-0.15, -0.1) is 0 Å². The summed E-state index contributed by atoms with van der Waals surface area (Å²) in [6, 6.07) is 0. The summed E-state index contributed by atoms with van der Waals surface area (Å²) in [5, 5.41) is 0. The Balaban J connectivity index is -0.0000000500. The molecule has 0 aromatic rings. The predicted octanol–water partition coefficient (Wildman–Crippen LogP) is 6.79. The first kappa shape index (κ1) is 36.0. The van der Waals surface area contributed by atoms with Gasteiger partial charge in [-0.2, -0.15) is 0 Å². The van der Waals surface area contributed by atoms with Gasteiger partial charge in [-0.1, -0.05) is 80.5 Å². The van der Waals surface area contributed by atoms with Crippen LogP contribution in [0.2, 0.25) is 0 Å². The Bertz CT molecular complexity index is 120. The largest absolute Gasteiger partial charge is 0.0776 e. The van der Waals surface area contributed by atoms with Gasteiger partial charge in [-0.05, 0) is 33.2 Å². The van der Waals surface area contributed by atoms with Gasteiger partial charge in [0.25, 0.3) is 0 Å². The second-order valence-electron chi connectivity index (χ2n) is 2.77. The third-order valence-corrected chi connectivity index (χ3v) is 3.85. The molecular formula is C12H34P2S2. The molecule has 0 radical (unpaired) electrons. The highest BCUT2D eigenvalue weighted by Crippen LogP contribution is 2.13. The van der Waals surface area contributed by atoms with E-state index < -0.39 is 0 Å². The van der Waals surface area contributed by atoms with Gasteiger partial charge in [0.2, 0.25) is 0 Å². The van der Waals surface area contributed by atoms with Crippen LogP contribution in [0.4, 0.5) is 0 Å². The van der Waals surface area contributed by atoms with Crippen molar-refractivity contribution < 1.29 is 0 Å². The number of unbranched alkanes of at least 4 members (excludes halogenated alkanes) is 1. The first-order valence-electron chi connectivity index (χ1n) is 3.89. The van der Waals surface area contributed by atoms with E-state index in [0.717, 1.165) is 20.6 Å². The van der Waals surface area contributed by atoms with Crippen molar-refractivity contribution in [2.24, 2.45) is 5.92 Å². The summed E-state index contributed by atoms with van der Waals surface area (Å²) >= 11 is 9.72. The molecule has 0 aliphatic heterocycles. The highest BCUT2D eigenvalue weighted by Gasteiger charge is 1.98. The van der Waals surface area contributed by atoms with E-state index in [9.17, 15) is 0 Å². The first-order chi connectivity index (χ1) is 5.31. The normalized spacial score (nSPS) is 9.56. The number of hydrogen-bond donors (Lipinski definition) is 0. The molecule has 4 heteroatoms. The van der Waals surface area contributed by atoms with Crippen molar-refractivity contribution in [1.29, 1.82) is 0 Å². The lowest BCUT2D eigenvalue weighted by Crippen LogP contribution is -1.95. The summed E-state index contributed by atoms with van der Waals surface area (Å²) in [6.45, 7) is 2.28. The van der Waals surface area contributed by atoms with Crippen LogP contribution in [0.1, 0.15) is 63.3 Å². The first-order valence-corrected chi connectivity index (χ1v) is 8.08. The minimum Gasteiger partial charge on any atom is -0.0776 e. The topological polar surface area (TPSA) is 0 Å². The maximum atomic E-state index is 4.88. The molecule has 0 amide bonds. The van der Waals surface area contributed by atoms with Crippen LogP contribution in [0.25, 0.3) is 0 Å².